The van der Waals surface area contributed by atoms with Crippen molar-refractivity contribution < 1.29 is 9.90 Å². The van der Waals surface area contributed by atoms with E-state index in [1.54, 1.807) is 17.4 Å². The molecule has 5 heteroatoms. The molecule has 1 aliphatic rings. The number of anilines is 3. The van der Waals surface area contributed by atoms with Crippen LogP contribution in [0.4, 0.5) is 17.1 Å². The van der Waals surface area contributed by atoms with Crippen LogP contribution in [0.5, 0.6) is 0 Å². The van der Waals surface area contributed by atoms with Gasteiger partial charge in [-0.2, -0.15) is 5.26 Å². The number of allylic oxidation sites excluding steroid dienone is 4. The standard InChI is InChI=1S/C33H26N2O2S/c34-23-27(33(36)37)21-24-8-7-9-25(20-24)22-31-18-19-32(38-31)26-14-16-30(17-15-26)35(28-10-3-1-4-11-28)29-12-5-2-6-13-29/h1-6,10-22H,7-9H2,(H,36,37)/b25-22+,27-21+. The lowest BCUT2D eigenvalue weighted by Gasteiger charge is -2.25. The Hall–Kier alpha value is -4.66. The molecule has 5 rings (SSSR count). The Morgan fingerprint density at radius 2 is 1.47 bits per heavy atom. The van der Waals surface area contributed by atoms with Gasteiger partial charge in [-0.3, -0.25) is 0 Å². The number of carboxylic acid groups (broad SMARTS) is 1. The topological polar surface area (TPSA) is 64.3 Å². The molecule has 0 atom stereocenters. The van der Waals surface area contributed by atoms with E-state index in [0.717, 1.165) is 57.9 Å². The molecule has 186 valence electrons. The lowest BCUT2D eigenvalue weighted by molar-refractivity contribution is -0.132. The number of rotatable bonds is 7. The van der Waals surface area contributed by atoms with Crippen molar-refractivity contribution in [3.8, 4) is 16.5 Å². The number of aliphatic carboxylic acids is 1. The fourth-order valence-electron chi connectivity index (χ4n) is 4.58. The van der Waals surface area contributed by atoms with Crippen molar-refractivity contribution >= 4 is 40.4 Å². The second-order valence-corrected chi connectivity index (χ2v) is 10.1. The van der Waals surface area contributed by atoms with E-state index in [9.17, 15) is 4.79 Å². The Morgan fingerprint density at radius 3 is 2.08 bits per heavy atom. The molecule has 0 spiro atoms. The van der Waals surface area contributed by atoms with Gasteiger partial charge in [0.1, 0.15) is 11.6 Å². The average molecular weight is 515 g/mol. The largest absolute Gasteiger partial charge is 0.477 e. The van der Waals surface area contributed by atoms with Crippen LogP contribution in [0.3, 0.4) is 0 Å². The zero-order valence-electron chi connectivity index (χ0n) is 20.7. The van der Waals surface area contributed by atoms with Crippen molar-refractivity contribution in [2.75, 3.05) is 4.90 Å². The van der Waals surface area contributed by atoms with Crippen molar-refractivity contribution in [3.63, 3.8) is 0 Å². The number of carbonyl (C=O) groups is 1. The van der Waals surface area contributed by atoms with Gasteiger partial charge in [0.2, 0.25) is 0 Å². The highest BCUT2D eigenvalue weighted by molar-refractivity contribution is 7.16. The highest BCUT2D eigenvalue weighted by atomic mass is 32.1. The fourth-order valence-corrected chi connectivity index (χ4v) is 5.57. The summed E-state index contributed by atoms with van der Waals surface area (Å²) in [5, 5.41) is 18.2. The summed E-state index contributed by atoms with van der Waals surface area (Å²) in [6.45, 7) is 0. The molecule has 1 aromatic heterocycles. The molecular weight excluding hydrogens is 488 g/mol. The highest BCUT2D eigenvalue weighted by Crippen LogP contribution is 2.37. The van der Waals surface area contributed by atoms with E-state index in [-0.39, 0.29) is 5.57 Å². The SMILES string of the molecule is N#C/C(=C\C1=CC(=C/c2ccc(-c3ccc(N(c4ccccc4)c4ccccc4)cc3)s2)/CCC1)C(=O)O. The molecule has 4 nitrogen and oxygen atoms in total. The van der Waals surface area contributed by atoms with Gasteiger partial charge in [-0.05, 0) is 96.7 Å². The first kappa shape index (κ1) is 25.0. The number of benzene rings is 3. The van der Waals surface area contributed by atoms with Crippen LogP contribution in [0.2, 0.25) is 0 Å². The van der Waals surface area contributed by atoms with Gasteiger partial charge in [-0.15, -0.1) is 11.3 Å². The minimum absolute atomic E-state index is 0.225. The Bertz CT molecular complexity index is 1520. The minimum atomic E-state index is -1.19. The zero-order valence-corrected chi connectivity index (χ0v) is 21.6. The maximum atomic E-state index is 11.2. The Morgan fingerprint density at radius 1 is 0.842 bits per heavy atom. The van der Waals surface area contributed by atoms with Gasteiger partial charge in [0.05, 0.1) is 0 Å². The smallest absolute Gasteiger partial charge is 0.346 e. The summed E-state index contributed by atoms with van der Waals surface area (Å²) in [4.78, 5) is 15.8. The van der Waals surface area contributed by atoms with Crippen molar-refractivity contribution in [1.82, 2.24) is 0 Å². The Kier molecular flexibility index (Phi) is 7.63. The molecule has 1 aliphatic carbocycles. The molecule has 4 aromatic rings. The van der Waals surface area contributed by atoms with E-state index in [0.29, 0.717) is 0 Å². The summed E-state index contributed by atoms with van der Waals surface area (Å²) >= 11 is 1.73. The highest BCUT2D eigenvalue weighted by Gasteiger charge is 2.13. The monoisotopic (exact) mass is 514 g/mol. The minimum Gasteiger partial charge on any atom is -0.477 e. The zero-order chi connectivity index (χ0) is 26.3. The van der Waals surface area contributed by atoms with E-state index in [1.165, 1.54) is 11.0 Å². The predicted molar refractivity (Wildman–Crippen MR) is 156 cm³/mol. The summed E-state index contributed by atoms with van der Waals surface area (Å²) in [7, 11) is 0. The summed E-state index contributed by atoms with van der Waals surface area (Å²) in [6, 6.07) is 35.4. The molecule has 1 N–H and O–H groups in total. The molecule has 0 radical (unpaired) electrons. The van der Waals surface area contributed by atoms with Gasteiger partial charge in [0, 0.05) is 26.8 Å². The van der Waals surface area contributed by atoms with Crippen LogP contribution in [-0.4, -0.2) is 11.1 Å². The van der Waals surface area contributed by atoms with Crippen molar-refractivity contribution in [3.05, 3.63) is 131 Å². The maximum Gasteiger partial charge on any atom is 0.346 e. The maximum absolute atomic E-state index is 11.2. The van der Waals surface area contributed by atoms with Crippen molar-refractivity contribution in [2.24, 2.45) is 0 Å². The van der Waals surface area contributed by atoms with Gasteiger partial charge in [0.15, 0.2) is 0 Å². The van der Waals surface area contributed by atoms with Crippen LogP contribution >= 0.6 is 11.3 Å². The summed E-state index contributed by atoms with van der Waals surface area (Å²) in [5.41, 5.74) is 6.28. The van der Waals surface area contributed by atoms with E-state index < -0.39 is 5.97 Å². The molecule has 0 unspecified atom stereocenters. The van der Waals surface area contributed by atoms with Gasteiger partial charge in [-0.25, -0.2) is 4.79 Å². The van der Waals surface area contributed by atoms with Crippen LogP contribution < -0.4 is 4.90 Å². The second-order valence-electron chi connectivity index (χ2n) is 9.02. The molecule has 0 saturated carbocycles. The van der Waals surface area contributed by atoms with Crippen LogP contribution in [0.25, 0.3) is 16.5 Å². The Balaban J connectivity index is 1.38. The molecule has 0 bridgehead atoms. The van der Waals surface area contributed by atoms with E-state index in [1.807, 2.05) is 18.2 Å². The number of hydrogen-bond acceptors (Lipinski definition) is 4. The number of hydrogen-bond donors (Lipinski definition) is 1. The molecule has 0 fully saturated rings. The fraction of sp³-hybridized carbons (Fsp3) is 0.0909. The summed E-state index contributed by atoms with van der Waals surface area (Å²) in [6.07, 6.45) is 8.31. The van der Waals surface area contributed by atoms with Crippen LogP contribution in [-0.2, 0) is 4.79 Å². The van der Waals surface area contributed by atoms with Crippen molar-refractivity contribution in [1.29, 1.82) is 5.26 Å². The summed E-state index contributed by atoms with van der Waals surface area (Å²) < 4.78 is 0. The van der Waals surface area contributed by atoms with Gasteiger partial charge in [-0.1, -0.05) is 54.6 Å². The first-order valence-corrected chi connectivity index (χ1v) is 13.3. The van der Waals surface area contributed by atoms with E-state index in [4.69, 9.17) is 10.4 Å². The van der Waals surface area contributed by atoms with E-state index >= 15 is 0 Å². The Labute approximate surface area is 226 Å². The first-order valence-electron chi connectivity index (χ1n) is 12.5. The molecular formula is C33H26N2O2S. The molecule has 38 heavy (non-hydrogen) atoms. The van der Waals surface area contributed by atoms with Gasteiger partial charge < -0.3 is 10.0 Å². The first-order chi connectivity index (χ1) is 18.6. The summed E-state index contributed by atoms with van der Waals surface area (Å²) in [5.74, 6) is -1.19. The third-order valence-corrected chi connectivity index (χ3v) is 7.46. The number of thiophene rings is 1. The van der Waals surface area contributed by atoms with Gasteiger partial charge in [0.25, 0.3) is 0 Å². The quantitative estimate of drug-likeness (QED) is 0.197. The van der Waals surface area contributed by atoms with Crippen LogP contribution in [0.1, 0.15) is 24.1 Å². The number of nitriles is 1. The van der Waals surface area contributed by atoms with Gasteiger partial charge >= 0.3 is 5.97 Å². The molecule has 0 aliphatic heterocycles. The number of para-hydroxylation sites is 2. The normalized spacial score (nSPS) is 14.6. The number of carboxylic acids is 1. The third kappa shape index (κ3) is 5.83. The van der Waals surface area contributed by atoms with Crippen LogP contribution in [0, 0.1) is 11.3 Å². The van der Waals surface area contributed by atoms with Crippen LogP contribution in [0.15, 0.2) is 126 Å². The second kappa shape index (κ2) is 11.6. The predicted octanol–water partition coefficient (Wildman–Crippen LogP) is 8.91. The molecule has 3 aromatic carbocycles. The third-order valence-electron chi connectivity index (χ3n) is 6.38. The lowest BCUT2D eigenvalue weighted by Crippen LogP contribution is -2.09. The molecule has 0 amide bonds. The molecule has 0 saturated heterocycles. The average Bonchev–Trinajstić information content (AvgIpc) is 3.42. The number of nitrogens with zero attached hydrogens (tertiary/aromatic N) is 2. The van der Waals surface area contributed by atoms with Crippen molar-refractivity contribution in [2.45, 2.75) is 19.3 Å². The molecule has 1 heterocycles. The lowest BCUT2D eigenvalue weighted by atomic mass is 9.93. The van der Waals surface area contributed by atoms with E-state index in [2.05, 4.69) is 95.9 Å².